The van der Waals surface area contributed by atoms with Crippen LogP contribution in [0.25, 0.3) is 10.9 Å². The Morgan fingerprint density at radius 3 is 2.60 bits per heavy atom. The molecule has 2 heterocycles. The highest BCUT2D eigenvalue weighted by molar-refractivity contribution is 5.97. The number of carbonyl (C=O) groups is 1. The molecule has 1 aliphatic rings. The lowest BCUT2D eigenvalue weighted by Gasteiger charge is -2.49. The van der Waals surface area contributed by atoms with Crippen molar-refractivity contribution >= 4 is 16.8 Å². The Morgan fingerprint density at radius 1 is 1.20 bits per heavy atom. The zero-order valence-electron chi connectivity index (χ0n) is 17.4. The van der Waals surface area contributed by atoms with Gasteiger partial charge in [-0.05, 0) is 44.3 Å². The largest absolute Gasteiger partial charge is 0.389 e. The third-order valence-electron chi connectivity index (χ3n) is 6.23. The second-order valence-corrected chi connectivity index (χ2v) is 8.09. The fourth-order valence-electron chi connectivity index (χ4n) is 4.48. The Bertz CT molecular complexity index is 1140. The van der Waals surface area contributed by atoms with Gasteiger partial charge < -0.3 is 14.6 Å². The van der Waals surface area contributed by atoms with Crippen molar-refractivity contribution in [2.24, 2.45) is 7.05 Å². The number of hydrogen-bond acceptors (Lipinski definition) is 5. The number of amides is 1. The number of aromatic nitrogens is 2. The first-order valence-electron chi connectivity index (χ1n) is 10.0. The molecule has 30 heavy (non-hydrogen) atoms. The van der Waals surface area contributed by atoms with Crippen LogP contribution >= 0.6 is 0 Å². The first-order chi connectivity index (χ1) is 14.3. The molecule has 3 aromatic rings. The lowest BCUT2D eigenvalue weighted by molar-refractivity contribution is -0.0612. The Labute approximate surface area is 175 Å². The molecule has 0 bridgehead atoms. The highest BCUT2D eigenvalue weighted by atomic mass is 16.3. The van der Waals surface area contributed by atoms with Crippen LogP contribution in [0.3, 0.4) is 0 Å². The number of β-amino-alcohol motifs (C(OH)–C–C–N with tert-alkyl or cyclic N) is 1. The highest BCUT2D eigenvalue weighted by Gasteiger charge is 2.46. The van der Waals surface area contributed by atoms with Crippen LogP contribution in [0, 0.1) is 0 Å². The number of fused-ring (bicyclic) bond motifs is 1. The number of aliphatic hydroxyl groups excluding tert-OH is 1. The van der Waals surface area contributed by atoms with E-state index in [1.807, 2.05) is 49.3 Å². The maximum absolute atomic E-state index is 13.1. The van der Waals surface area contributed by atoms with Gasteiger partial charge in [0.25, 0.3) is 11.5 Å². The SMILES string of the molecule is CN(C)[C@]1(c2ccccc2)CCN(C(=O)c2ccc3c(=O)n(C)cnc3c2)C[C@H]1O. The third kappa shape index (κ3) is 3.20. The molecule has 7 nitrogen and oxygen atoms in total. The average Bonchev–Trinajstić information content (AvgIpc) is 2.76. The van der Waals surface area contributed by atoms with Crippen molar-refractivity contribution in [2.75, 3.05) is 27.2 Å². The smallest absolute Gasteiger partial charge is 0.260 e. The van der Waals surface area contributed by atoms with Crippen LogP contribution in [-0.2, 0) is 12.6 Å². The molecular formula is C23H26N4O3. The molecule has 7 heteroatoms. The number of aliphatic hydroxyl groups is 1. The normalized spacial score (nSPS) is 21.9. The fourth-order valence-corrected chi connectivity index (χ4v) is 4.48. The molecule has 1 fully saturated rings. The van der Waals surface area contributed by atoms with E-state index < -0.39 is 11.6 Å². The molecule has 0 unspecified atom stereocenters. The number of rotatable bonds is 3. The molecule has 2 aromatic carbocycles. The molecule has 4 rings (SSSR count). The van der Waals surface area contributed by atoms with Crippen LogP contribution in [0.2, 0.25) is 0 Å². The van der Waals surface area contributed by atoms with Gasteiger partial charge in [-0.15, -0.1) is 0 Å². The summed E-state index contributed by atoms with van der Waals surface area (Å²) < 4.78 is 1.41. The Kier molecular flexibility index (Phi) is 5.17. The number of piperidine rings is 1. The van der Waals surface area contributed by atoms with Crippen molar-refractivity contribution in [3.8, 4) is 0 Å². The van der Waals surface area contributed by atoms with Crippen LogP contribution < -0.4 is 5.56 Å². The van der Waals surface area contributed by atoms with Gasteiger partial charge in [0, 0.05) is 25.7 Å². The minimum absolute atomic E-state index is 0.147. The van der Waals surface area contributed by atoms with Crippen LogP contribution in [0.4, 0.5) is 0 Å². The van der Waals surface area contributed by atoms with Crippen molar-refractivity contribution in [1.82, 2.24) is 19.4 Å². The van der Waals surface area contributed by atoms with Crippen LogP contribution in [0.15, 0.2) is 59.7 Å². The zero-order chi connectivity index (χ0) is 21.5. The second-order valence-electron chi connectivity index (χ2n) is 8.09. The van der Waals surface area contributed by atoms with Gasteiger partial charge in [-0.3, -0.25) is 14.5 Å². The lowest BCUT2D eigenvalue weighted by Crippen LogP contribution is -2.60. The molecule has 1 N–H and O–H groups in total. The summed E-state index contributed by atoms with van der Waals surface area (Å²) in [6, 6.07) is 14.9. The van der Waals surface area contributed by atoms with Crippen LogP contribution in [-0.4, -0.2) is 63.7 Å². The molecule has 0 radical (unpaired) electrons. The number of aryl methyl sites for hydroxylation is 1. The number of likely N-dealkylation sites (N-methyl/N-ethyl adjacent to an activating group) is 1. The maximum Gasteiger partial charge on any atom is 0.260 e. The molecular weight excluding hydrogens is 380 g/mol. The maximum atomic E-state index is 13.1. The van der Waals surface area contributed by atoms with Gasteiger partial charge in [-0.2, -0.15) is 0 Å². The molecule has 0 spiro atoms. The van der Waals surface area contributed by atoms with E-state index in [1.165, 1.54) is 10.9 Å². The van der Waals surface area contributed by atoms with Crippen molar-refractivity contribution in [2.45, 2.75) is 18.1 Å². The quantitative estimate of drug-likeness (QED) is 0.715. The van der Waals surface area contributed by atoms with Gasteiger partial charge in [0.2, 0.25) is 0 Å². The average molecular weight is 406 g/mol. The summed E-state index contributed by atoms with van der Waals surface area (Å²) in [5.41, 5.74) is 1.31. The lowest BCUT2D eigenvalue weighted by atomic mass is 9.77. The van der Waals surface area contributed by atoms with Crippen molar-refractivity contribution < 1.29 is 9.90 Å². The first kappa shape index (κ1) is 20.3. The van der Waals surface area contributed by atoms with Gasteiger partial charge in [0.1, 0.15) is 0 Å². The van der Waals surface area contributed by atoms with Gasteiger partial charge in [0.15, 0.2) is 0 Å². The molecule has 1 aliphatic heterocycles. The van der Waals surface area contributed by atoms with E-state index in [1.54, 1.807) is 30.1 Å². The monoisotopic (exact) mass is 406 g/mol. The second kappa shape index (κ2) is 7.66. The van der Waals surface area contributed by atoms with E-state index >= 15 is 0 Å². The number of benzene rings is 2. The molecule has 1 aromatic heterocycles. The van der Waals surface area contributed by atoms with Crippen LogP contribution in [0.1, 0.15) is 22.3 Å². The first-order valence-corrected chi connectivity index (χ1v) is 10.0. The molecule has 2 atom stereocenters. The van der Waals surface area contributed by atoms with E-state index in [4.69, 9.17) is 0 Å². The van der Waals surface area contributed by atoms with E-state index in [0.717, 1.165) is 5.56 Å². The van der Waals surface area contributed by atoms with Crippen molar-refractivity contribution in [3.63, 3.8) is 0 Å². The van der Waals surface area contributed by atoms with Crippen molar-refractivity contribution in [1.29, 1.82) is 0 Å². The highest BCUT2D eigenvalue weighted by Crippen LogP contribution is 2.38. The van der Waals surface area contributed by atoms with E-state index in [2.05, 4.69) is 4.98 Å². The summed E-state index contributed by atoms with van der Waals surface area (Å²) in [5.74, 6) is -0.168. The fraction of sp³-hybridized carbons (Fsp3) is 0.348. The Hall–Kier alpha value is -3.03. The number of nitrogens with zero attached hydrogens (tertiary/aromatic N) is 4. The number of likely N-dealkylation sites (tertiary alicyclic amines) is 1. The Morgan fingerprint density at radius 2 is 1.93 bits per heavy atom. The number of carbonyl (C=O) groups excluding carboxylic acids is 1. The molecule has 0 saturated carbocycles. The van der Waals surface area contributed by atoms with Gasteiger partial charge in [0.05, 0.1) is 28.9 Å². The van der Waals surface area contributed by atoms with Gasteiger partial charge in [-0.25, -0.2) is 4.98 Å². The zero-order valence-corrected chi connectivity index (χ0v) is 17.4. The number of hydrogen-bond donors (Lipinski definition) is 1. The summed E-state index contributed by atoms with van der Waals surface area (Å²) in [5, 5.41) is 11.6. The predicted octanol–water partition coefficient (Wildman–Crippen LogP) is 1.60. The van der Waals surface area contributed by atoms with Gasteiger partial charge >= 0.3 is 0 Å². The molecule has 0 aliphatic carbocycles. The summed E-state index contributed by atoms with van der Waals surface area (Å²) in [4.78, 5) is 33.4. The Balaban J connectivity index is 1.61. The standard InChI is InChI=1S/C23H26N4O3/c1-25(2)23(17-7-5-4-6-8-17)11-12-27(14-20(23)28)21(29)16-9-10-18-19(13-16)24-15-26(3)22(18)30/h4-10,13,15,20,28H,11-12,14H2,1-3H3/t20-,23+/m1/s1. The topological polar surface area (TPSA) is 78.7 Å². The van der Waals surface area contributed by atoms with Gasteiger partial charge in [-0.1, -0.05) is 30.3 Å². The molecule has 1 saturated heterocycles. The van der Waals surface area contributed by atoms with Crippen molar-refractivity contribution in [3.05, 3.63) is 76.3 Å². The third-order valence-corrected chi connectivity index (χ3v) is 6.23. The minimum Gasteiger partial charge on any atom is -0.389 e. The van der Waals surface area contributed by atoms with E-state index in [9.17, 15) is 14.7 Å². The summed E-state index contributed by atoms with van der Waals surface area (Å²) in [6.45, 7) is 0.749. The van der Waals surface area contributed by atoms with Crippen LogP contribution in [0.5, 0.6) is 0 Å². The molecule has 156 valence electrons. The predicted molar refractivity (Wildman–Crippen MR) is 115 cm³/mol. The summed E-state index contributed by atoms with van der Waals surface area (Å²) in [6.07, 6.45) is 1.33. The van der Waals surface area contributed by atoms with E-state index in [-0.39, 0.29) is 18.0 Å². The van der Waals surface area contributed by atoms with E-state index in [0.29, 0.717) is 29.4 Å². The summed E-state index contributed by atoms with van der Waals surface area (Å²) in [7, 11) is 5.57. The summed E-state index contributed by atoms with van der Waals surface area (Å²) >= 11 is 0. The minimum atomic E-state index is -0.738. The molecule has 1 amide bonds.